The molecule has 0 saturated carbocycles. The van der Waals surface area contributed by atoms with Crippen molar-refractivity contribution < 1.29 is 9.18 Å². The van der Waals surface area contributed by atoms with Crippen LogP contribution in [0.25, 0.3) is 0 Å². The van der Waals surface area contributed by atoms with Crippen molar-refractivity contribution >= 4 is 5.91 Å². The molecule has 0 heterocycles. The Morgan fingerprint density at radius 3 is 2.40 bits per heavy atom. The number of hydrogen-bond acceptors (Lipinski definition) is 1. The fourth-order valence-corrected chi connectivity index (χ4v) is 1.70. The van der Waals surface area contributed by atoms with Crippen molar-refractivity contribution in [1.82, 2.24) is 0 Å². The second-order valence-electron chi connectivity index (χ2n) is 3.71. The Kier molecular flexibility index (Phi) is 3.45. The summed E-state index contributed by atoms with van der Waals surface area (Å²) in [6.45, 7) is 3.24. The number of amides is 1. The van der Waals surface area contributed by atoms with Gasteiger partial charge in [0.15, 0.2) is 0 Å². The molecule has 2 atom stereocenters. The highest BCUT2D eigenvalue weighted by Gasteiger charge is 2.39. The Balaban J connectivity index is 3.11. The minimum Gasteiger partial charge on any atom is -0.369 e. The van der Waals surface area contributed by atoms with E-state index in [2.05, 4.69) is 0 Å². The number of hydrogen-bond donors (Lipinski definition) is 1. The van der Waals surface area contributed by atoms with Crippen molar-refractivity contribution in [2.45, 2.75) is 25.9 Å². The summed E-state index contributed by atoms with van der Waals surface area (Å²) in [6.07, 6.45) is 0.237. The molecule has 1 aromatic rings. The molecule has 3 heteroatoms. The first-order valence-corrected chi connectivity index (χ1v) is 5.06. The molecule has 1 rings (SSSR count). The molecular formula is C12H16FNO. The normalized spacial score (nSPS) is 16.7. The van der Waals surface area contributed by atoms with Crippen LogP contribution in [0.3, 0.4) is 0 Å². The van der Waals surface area contributed by atoms with Crippen LogP contribution in [0.4, 0.5) is 4.39 Å². The first-order valence-electron chi connectivity index (χ1n) is 5.06. The third-order valence-corrected chi connectivity index (χ3v) is 2.88. The first-order chi connectivity index (χ1) is 7.02. The van der Waals surface area contributed by atoms with Crippen LogP contribution in [0.5, 0.6) is 0 Å². The molecular weight excluding hydrogens is 193 g/mol. The maximum atomic E-state index is 14.6. The number of benzene rings is 1. The van der Waals surface area contributed by atoms with Gasteiger partial charge in [0.1, 0.15) is 5.67 Å². The molecule has 2 unspecified atom stereocenters. The Hall–Kier alpha value is -1.38. The number of rotatable bonds is 4. The number of alkyl halides is 1. The van der Waals surface area contributed by atoms with Crippen LogP contribution >= 0.6 is 0 Å². The lowest BCUT2D eigenvalue weighted by atomic mass is 9.81. The van der Waals surface area contributed by atoms with Crippen molar-refractivity contribution in [2.75, 3.05) is 0 Å². The molecule has 0 aromatic heterocycles. The Bertz CT molecular complexity index is 339. The van der Waals surface area contributed by atoms with E-state index in [0.717, 1.165) is 0 Å². The van der Waals surface area contributed by atoms with Crippen LogP contribution in [-0.2, 0) is 10.5 Å². The molecule has 0 aliphatic rings. The number of primary amides is 1. The fraction of sp³-hybridized carbons (Fsp3) is 0.417. The maximum Gasteiger partial charge on any atom is 0.223 e. The van der Waals surface area contributed by atoms with Gasteiger partial charge >= 0.3 is 0 Å². The smallest absolute Gasteiger partial charge is 0.223 e. The second-order valence-corrected chi connectivity index (χ2v) is 3.71. The van der Waals surface area contributed by atoms with Crippen molar-refractivity contribution in [2.24, 2.45) is 11.7 Å². The molecule has 0 spiro atoms. The summed E-state index contributed by atoms with van der Waals surface area (Å²) in [7, 11) is 0. The van der Waals surface area contributed by atoms with E-state index in [1.807, 2.05) is 6.07 Å². The average Bonchev–Trinajstić information content (AvgIpc) is 2.28. The molecule has 15 heavy (non-hydrogen) atoms. The molecule has 82 valence electrons. The number of carbonyl (C=O) groups is 1. The van der Waals surface area contributed by atoms with Crippen LogP contribution in [0.2, 0.25) is 0 Å². The van der Waals surface area contributed by atoms with Crippen LogP contribution < -0.4 is 5.73 Å². The Labute approximate surface area is 89.3 Å². The highest BCUT2D eigenvalue weighted by molar-refractivity contribution is 5.77. The molecule has 0 saturated heterocycles. The molecule has 1 amide bonds. The lowest BCUT2D eigenvalue weighted by molar-refractivity contribution is -0.126. The number of carbonyl (C=O) groups excluding carboxylic acids is 1. The quantitative estimate of drug-likeness (QED) is 0.812. The van der Waals surface area contributed by atoms with Gasteiger partial charge in [-0.05, 0) is 12.0 Å². The summed E-state index contributed by atoms with van der Waals surface area (Å²) in [5, 5.41) is 0. The molecule has 2 N–H and O–H groups in total. The van der Waals surface area contributed by atoms with Gasteiger partial charge in [-0.2, -0.15) is 0 Å². The van der Waals surface area contributed by atoms with Gasteiger partial charge in [-0.3, -0.25) is 4.79 Å². The van der Waals surface area contributed by atoms with E-state index in [1.165, 1.54) is 6.92 Å². The Morgan fingerprint density at radius 2 is 2.00 bits per heavy atom. The Morgan fingerprint density at radius 1 is 1.47 bits per heavy atom. The minimum atomic E-state index is -1.66. The van der Waals surface area contributed by atoms with Gasteiger partial charge in [-0.25, -0.2) is 4.39 Å². The van der Waals surface area contributed by atoms with Crippen LogP contribution in [0, 0.1) is 5.92 Å². The summed E-state index contributed by atoms with van der Waals surface area (Å²) < 4.78 is 14.6. The topological polar surface area (TPSA) is 43.1 Å². The maximum absolute atomic E-state index is 14.6. The van der Waals surface area contributed by atoms with Gasteiger partial charge in [-0.15, -0.1) is 0 Å². The highest BCUT2D eigenvalue weighted by atomic mass is 19.1. The van der Waals surface area contributed by atoms with Gasteiger partial charge < -0.3 is 5.73 Å². The van der Waals surface area contributed by atoms with E-state index in [4.69, 9.17) is 5.73 Å². The fourth-order valence-electron chi connectivity index (χ4n) is 1.70. The van der Waals surface area contributed by atoms with E-state index >= 15 is 0 Å². The monoisotopic (exact) mass is 209 g/mol. The van der Waals surface area contributed by atoms with Gasteiger partial charge in [0, 0.05) is 0 Å². The zero-order valence-corrected chi connectivity index (χ0v) is 9.03. The summed E-state index contributed by atoms with van der Waals surface area (Å²) in [6, 6.07) is 8.69. The summed E-state index contributed by atoms with van der Waals surface area (Å²) >= 11 is 0. The summed E-state index contributed by atoms with van der Waals surface area (Å²) in [5.41, 5.74) is 4.01. The molecule has 1 aromatic carbocycles. The molecule has 2 nitrogen and oxygen atoms in total. The predicted octanol–water partition coefficient (Wildman–Crippen LogP) is 2.38. The van der Waals surface area contributed by atoms with E-state index < -0.39 is 17.5 Å². The van der Waals surface area contributed by atoms with Crippen molar-refractivity contribution in [3.63, 3.8) is 0 Å². The molecule has 0 fully saturated rings. The van der Waals surface area contributed by atoms with Crippen LogP contribution in [0.15, 0.2) is 30.3 Å². The van der Waals surface area contributed by atoms with Gasteiger partial charge in [0.2, 0.25) is 5.91 Å². The van der Waals surface area contributed by atoms with Gasteiger partial charge in [0.25, 0.3) is 0 Å². The molecule has 0 aliphatic heterocycles. The van der Waals surface area contributed by atoms with Gasteiger partial charge in [-0.1, -0.05) is 44.2 Å². The lowest BCUT2D eigenvalue weighted by Gasteiger charge is -2.28. The summed E-state index contributed by atoms with van der Waals surface area (Å²) in [4.78, 5) is 11.1. The zero-order chi connectivity index (χ0) is 11.5. The third kappa shape index (κ3) is 2.17. The number of nitrogens with two attached hydrogens (primary N) is 1. The minimum absolute atomic E-state index is 0.237. The molecule has 0 aliphatic carbocycles. The van der Waals surface area contributed by atoms with Crippen molar-refractivity contribution in [3.05, 3.63) is 35.9 Å². The SMILES string of the molecule is CCC(F)(c1ccccc1)C(C)C(N)=O. The lowest BCUT2D eigenvalue weighted by Crippen LogP contribution is -2.37. The second kappa shape index (κ2) is 4.43. The van der Waals surface area contributed by atoms with E-state index in [1.54, 1.807) is 31.2 Å². The molecule has 0 radical (unpaired) electrons. The van der Waals surface area contributed by atoms with Crippen molar-refractivity contribution in [1.29, 1.82) is 0 Å². The van der Waals surface area contributed by atoms with E-state index in [9.17, 15) is 9.18 Å². The average molecular weight is 209 g/mol. The van der Waals surface area contributed by atoms with E-state index in [0.29, 0.717) is 5.56 Å². The largest absolute Gasteiger partial charge is 0.369 e. The van der Waals surface area contributed by atoms with Crippen LogP contribution in [-0.4, -0.2) is 5.91 Å². The number of halogens is 1. The van der Waals surface area contributed by atoms with E-state index in [-0.39, 0.29) is 6.42 Å². The predicted molar refractivity (Wildman–Crippen MR) is 57.9 cm³/mol. The van der Waals surface area contributed by atoms with Crippen molar-refractivity contribution in [3.8, 4) is 0 Å². The zero-order valence-electron chi connectivity index (χ0n) is 9.03. The van der Waals surface area contributed by atoms with Crippen LogP contribution in [0.1, 0.15) is 25.8 Å². The highest BCUT2D eigenvalue weighted by Crippen LogP contribution is 2.37. The molecule has 0 bridgehead atoms. The van der Waals surface area contributed by atoms with Gasteiger partial charge in [0.05, 0.1) is 5.92 Å². The summed E-state index contributed by atoms with van der Waals surface area (Å²) in [5.74, 6) is -1.42. The first kappa shape index (κ1) is 11.7. The standard InChI is InChI=1S/C12H16FNO/c1-3-12(13,9(2)11(14)15)10-7-5-4-6-8-10/h4-9H,3H2,1-2H3,(H2,14,15). The third-order valence-electron chi connectivity index (χ3n) is 2.88.